The summed E-state index contributed by atoms with van der Waals surface area (Å²) in [7, 11) is 5.79. The predicted octanol–water partition coefficient (Wildman–Crippen LogP) is 2.50. The Balaban J connectivity index is 2.31. The Labute approximate surface area is 115 Å². The summed E-state index contributed by atoms with van der Waals surface area (Å²) in [6.07, 6.45) is 1.52. The van der Waals surface area contributed by atoms with Crippen molar-refractivity contribution in [3.63, 3.8) is 0 Å². The summed E-state index contributed by atoms with van der Waals surface area (Å²) in [6, 6.07) is 9.14. The third-order valence-corrected chi connectivity index (χ3v) is 3.20. The standard InChI is InChI=1S/C12H6BCl2N3/c13-8-6-16-18-11(15)5-10(17-12(8)18)7-3-1-2-4-9(7)14/h1-6H. The van der Waals surface area contributed by atoms with E-state index in [1.54, 1.807) is 12.1 Å². The highest BCUT2D eigenvalue weighted by molar-refractivity contribution is 6.37. The zero-order chi connectivity index (χ0) is 12.7. The van der Waals surface area contributed by atoms with Gasteiger partial charge in [-0.15, -0.1) is 0 Å². The molecule has 86 valence electrons. The van der Waals surface area contributed by atoms with Gasteiger partial charge in [-0.2, -0.15) is 5.10 Å². The largest absolute Gasteiger partial charge is 0.229 e. The molecule has 2 aromatic heterocycles. The van der Waals surface area contributed by atoms with E-state index < -0.39 is 0 Å². The van der Waals surface area contributed by atoms with Gasteiger partial charge >= 0.3 is 0 Å². The fourth-order valence-corrected chi connectivity index (χ4v) is 2.21. The Kier molecular flexibility index (Phi) is 2.76. The van der Waals surface area contributed by atoms with E-state index in [0.29, 0.717) is 27.0 Å². The molecular formula is C12H6BCl2N3. The predicted molar refractivity (Wildman–Crippen MR) is 73.8 cm³/mol. The van der Waals surface area contributed by atoms with Crippen molar-refractivity contribution in [2.45, 2.75) is 0 Å². The highest BCUT2D eigenvalue weighted by atomic mass is 35.5. The summed E-state index contributed by atoms with van der Waals surface area (Å²) in [4.78, 5) is 4.43. The van der Waals surface area contributed by atoms with Gasteiger partial charge < -0.3 is 0 Å². The van der Waals surface area contributed by atoms with Gasteiger partial charge in [-0.1, -0.05) is 41.4 Å². The minimum atomic E-state index is 0.437. The normalized spacial score (nSPS) is 11.0. The number of halogens is 2. The summed E-state index contributed by atoms with van der Waals surface area (Å²) in [6.45, 7) is 0. The van der Waals surface area contributed by atoms with Crippen molar-refractivity contribution in [3.8, 4) is 11.3 Å². The van der Waals surface area contributed by atoms with E-state index in [0.717, 1.165) is 5.56 Å². The molecule has 0 aliphatic heterocycles. The average molecular weight is 274 g/mol. The third-order valence-electron chi connectivity index (χ3n) is 2.61. The van der Waals surface area contributed by atoms with Crippen LogP contribution < -0.4 is 5.46 Å². The molecule has 0 N–H and O–H groups in total. The Morgan fingerprint density at radius 2 is 1.94 bits per heavy atom. The van der Waals surface area contributed by atoms with Crippen molar-refractivity contribution >= 4 is 42.2 Å². The lowest BCUT2D eigenvalue weighted by Gasteiger charge is -2.06. The van der Waals surface area contributed by atoms with Crippen LogP contribution in [-0.2, 0) is 0 Å². The minimum absolute atomic E-state index is 0.437. The highest BCUT2D eigenvalue weighted by Crippen LogP contribution is 2.27. The van der Waals surface area contributed by atoms with Crippen molar-refractivity contribution in [2.24, 2.45) is 0 Å². The number of fused-ring (bicyclic) bond motifs is 1. The molecule has 2 radical (unpaired) electrons. The molecule has 0 fully saturated rings. The maximum atomic E-state index is 6.14. The first-order valence-corrected chi connectivity index (χ1v) is 5.97. The quantitative estimate of drug-likeness (QED) is 0.504. The molecule has 2 heterocycles. The van der Waals surface area contributed by atoms with Crippen molar-refractivity contribution < 1.29 is 0 Å². The topological polar surface area (TPSA) is 30.2 Å². The molecule has 0 saturated carbocycles. The van der Waals surface area contributed by atoms with Crippen LogP contribution in [0, 0.1) is 0 Å². The lowest BCUT2D eigenvalue weighted by Crippen LogP contribution is -2.04. The summed E-state index contributed by atoms with van der Waals surface area (Å²) >= 11 is 12.3. The Morgan fingerprint density at radius 3 is 2.72 bits per heavy atom. The van der Waals surface area contributed by atoms with Crippen LogP contribution in [0.25, 0.3) is 16.9 Å². The van der Waals surface area contributed by atoms with Crippen molar-refractivity contribution in [2.75, 3.05) is 0 Å². The maximum absolute atomic E-state index is 6.14. The van der Waals surface area contributed by atoms with Crippen LogP contribution in [0.15, 0.2) is 36.5 Å². The number of nitrogens with zero attached hydrogens (tertiary/aromatic N) is 3. The summed E-state index contributed by atoms with van der Waals surface area (Å²) in [5.74, 6) is 0. The van der Waals surface area contributed by atoms with Crippen molar-refractivity contribution in [3.05, 3.63) is 46.7 Å². The Hall–Kier alpha value is -1.52. The second kappa shape index (κ2) is 4.30. The Bertz CT molecular complexity index is 739. The molecule has 18 heavy (non-hydrogen) atoms. The van der Waals surface area contributed by atoms with Gasteiger partial charge in [0.15, 0.2) is 0 Å². The van der Waals surface area contributed by atoms with Gasteiger partial charge in [0.25, 0.3) is 0 Å². The minimum Gasteiger partial charge on any atom is -0.229 e. The molecule has 3 aromatic rings. The average Bonchev–Trinajstić information content (AvgIpc) is 2.72. The van der Waals surface area contributed by atoms with Crippen molar-refractivity contribution in [1.29, 1.82) is 0 Å². The molecule has 0 bridgehead atoms. The number of rotatable bonds is 1. The molecular weight excluding hydrogens is 268 g/mol. The van der Waals surface area contributed by atoms with Gasteiger partial charge in [0, 0.05) is 22.8 Å². The molecule has 0 aliphatic carbocycles. The first-order chi connectivity index (χ1) is 8.66. The van der Waals surface area contributed by atoms with Crippen LogP contribution in [0.2, 0.25) is 10.2 Å². The van der Waals surface area contributed by atoms with Gasteiger partial charge in [-0.05, 0) is 11.5 Å². The molecule has 0 saturated heterocycles. The number of hydrogen-bond donors (Lipinski definition) is 0. The smallest absolute Gasteiger partial charge is 0.150 e. The SMILES string of the molecule is [B]c1cnn2c(Cl)cc(-c3ccccc3Cl)nc12. The van der Waals surface area contributed by atoms with Gasteiger partial charge in [0.1, 0.15) is 18.6 Å². The van der Waals surface area contributed by atoms with Crippen LogP contribution in [-0.4, -0.2) is 22.4 Å². The highest BCUT2D eigenvalue weighted by Gasteiger charge is 2.10. The second-order valence-electron chi connectivity index (χ2n) is 3.78. The molecule has 3 rings (SSSR count). The number of hydrogen-bond acceptors (Lipinski definition) is 2. The van der Waals surface area contributed by atoms with Gasteiger partial charge in [0.2, 0.25) is 0 Å². The summed E-state index contributed by atoms with van der Waals surface area (Å²) in [5, 5.41) is 5.09. The molecule has 0 atom stereocenters. The van der Waals surface area contributed by atoms with Crippen LogP contribution in [0.1, 0.15) is 0 Å². The van der Waals surface area contributed by atoms with Crippen LogP contribution in [0.5, 0.6) is 0 Å². The Morgan fingerprint density at radius 1 is 1.17 bits per heavy atom. The first kappa shape index (κ1) is 11.6. The molecule has 0 unspecified atom stereocenters. The van der Waals surface area contributed by atoms with E-state index in [1.807, 2.05) is 18.2 Å². The molecule has 0 spiro atoms. The zero-order valence-electron chi connectivity index (χ0n) is 9.14. The van der Waals surface area contributed by atoms with Crippen LogP contribution in [0.4, 0.5) is 0 Å². The van der Waals surface area contributed by atoms with E-state index in [-0.39, 0.29) is 0 Å². The fourth-order valence-electron chi connectivity index (χ4n) is 1.75. The van der Waals surface area contributed by atoms with E-state index in [1.165, 1.54) is 10.7 Å². The molecule has 6 heteroatoms. The molecule has 0 aliphatic rings. The van der Waals surface area contributed by atoms with E-state index in [2.05, 4.69) is 10.1 Å². The lowest BCUT2D eigenvalue weighted by atomic mass is 10.0. The number of benzene rings is 1. The molecule has 1 aromatic carbocycles. The molecule has 0 amide bonds. The van der Waals surface area contributed by atoms with Gasteiger partial charge in [-0.25, -0.2) is 9.50 Å². The van der Waals surface area contributed by atoms with Crippen LogP contribution >= 0.6 is 23.2 Å². The van der Waals surface area contributed by atoms with Gasteiger partial charge in [0.05, 0.1) is 5.69 Å². The fraction of sp³-hybridized carbons (Fsp3) is 0. The molecule has 3 nitrogen and oxygen atoms in total. The third kappa shape index (κ3) is 1.78. The monoisotopic (exact) mass is 273 g/mol. The lowest BCUT2D eigenvalue weighted by molar-refractivity contribution is 0.942. The zero-order valence-corrected chi connectivity index (χ0v) is 10.7. The number of aromatic nitrogens is 3. The maximum Gasteiger partial charge on any atom is 0.150 e. The van der Waals surface area contributed by atoms with E-state index >= 15 is 0 Å². The van der Waals surface area contributed by atoms with E-state index in [4.69, 9.17) is 31.0 Å². The van der Waals surface area contributed by atoms with Gasteiger partial charge in [-0.3, -0.25) is 0 Å². The van der Waals surface area contributed by atoms with Crippen LogP contribution in [0.3, 0.4) is 0 Å². The summed E-state index contributed by atoms with van der Waals surface area (Å²) in [5.41, 5.74) is 2.48. The first-order valence-electron chi connectivity index (χ1n) is 5.21. The second-order valence-corrected chi connectivity index (χ2v) is 4.57. The van der Waals surface area contributed by atoms with E-state index in [9.17, 15) is 0 Å². The van der Waals surface area contributed by atoms with Crippen molar-refractivity contribution in [1.82, 2.24) is 14.6 Å². The summed E-state index contributed by atoms with van der Waals surface area (Å²) < 4.78 is 1.48.